The fourth-order valence-corrected chi connectivity index (χ4v) is 4.31. The highest BCUT2D eigenvalue weighted by Crippen LogP contribution is 2.38. The number of aromatic nitrogens is 1. The molecule has 0 spiro atoms. The molecule has 0 atom stereocenters. The molecule has 0 aliphatic rings. The lowest BCUT2D eigenvalue weighted by Crippen LogP contribution is -2.31. The van der Waals surface area contributed by atoms with Crippen LogP contribution in [0, 0.1) is 0 Å². The molecule has 3 aromatic carbocycles. The number of hydrogen-bond acceptors (Lipinski definition) is 4. The van der Waals surface area contributed by atoms with Crippen molar-refractivity contribution in [1.82, 2.24) is 4.98 Å². The molecule has 0 saturated carbocycles. The number of ether oxygens (including phenoxy) is 1. The van der Waals surface area contributed by atoms with E-state index in [9.17, 15) is 31.1 Å². The Morgan fingerprint density at radius 2 is 1.54 bits per heavy atom. The summed E-state index contributed by atoms with van der Waals surface area (Å²) in [6.07, 6.45) is -10.2. The summed E-state index contributed by atoms with van der Waals surface area (Å²) in [7, 11) is 1.46. The maximum absolute atomic E-state index is 13.4. The van der Waals surface area contributed by atoms with Gasteiger partial charge in [-0.25, -0.2) is 4.98 Å². The van der Waals surface area contributed by atoms with E-state index in [0.29, 0.717) is 33.7 Å². The van der Waals surface area contributed by atoms with E-state index in [1.54, 1.807) is 48.5 Å². The molecule has 1 heterocycles. The van der Waals surface area contributed by atoms with E-state index in [-0.39, 0.29) is 17.7 Å². The highest BCUT2D eigenvalue weighted by molar-refractivity contribution is 7.22. The summed E-state index contributed by atoms with van der Waals surface area (Å²) >= 11 is 1.08. The van der Waals surface area contributed by atoms with Gasteiger partial charge >= 0.3 is 12.4 Å². The SMILES string of the molecule is COc1ccc2sc(N(Cc3ccccc3)C(=O)c3cc(C(F)(F)F)cc(C(F)(F)F)c3)nc2c1. The van der Waals surface area contributed by atoms with Crippen molar-refractivity contribution < 1.29 is 35.9 Å². The number of thiazole rings is 1. The van der Waals surface area contributed by atoms with Gasteiger partial charge in [-0.3, -0.25) is 9.69 Å². The third kappa shape index (κ3) is 5.40. The maximum Gasteiger partial charge on any atom is 0.416 e. The van der Waals surface area contributed by atoms with Crippen LogP contribution in [0.3, 0.4) is 0 Å². The third-order valence-electron chi connectivity index (χ3n) is 5.08. The van der Waals surface area contributed by atoms with Crippen LogP contribution in [0.1, 0.15) is 27.0 Å². The highest BCUT2D eigenvalue weighted by atomic mass is 32.1. The summed E-state index contributed by atoms with van der Waals surface area (Å²) < 4.78 is 86.0. The molecule has 0 aliphatic heterocycles. The number of alkyl halides is 6. The lowest BCUT2D eigenvalue weighted by Gasteiger charge is -2.21. The Hall–Kier alpha value is -3.60. The largest absolute Gasteiger partial charge is 0.497 e. The topological polar surface area (TPSA) is 42.4 Å². The Morgan fingerprint density at radius 3 is 2.11 bits per heavy atom. The summed E-state index contributed by atoms with van der Waals surface area (Å²) in [6, 6.07) is 14.3. The van der Waals surface area contributed by atoms with Crippen molar-refractivity contribution in [2.24, 2.45) is 0 Å². The summed E-state index contributed by atoms with van der Waals surface area (Å²) in [6.45, 7) is -0.117. The van der Waals surface area contributed by atoms with E-state index in [2.05, 4.69) is 4.98 Å². The van der Waals surface area contributed by atoms with E-state index in [1.165, 1.54) is 7.11 Å². The van der Waals surface area contributed by atoms with Crippen LogP contribution in [0.15, 0.2) is 66.7 Å². The Kier molecular flexibility index (Phi) is 6.46. The number of anilines is 1. The van der Waals surface area contributed by atoms with E-state index in [4.69, 9.17) is 4.74 Å². The number of nitrogens with zero attached hydrogens (tertiary/aromatic N) is 2. The molecular weight excluding hydrogens is 494 g/mol. The van der Waals surface area contributed by atoms with Gasteiger partial charge in [-0.1, -0.05) is 41.7 Å². The number of fused-ring (bicyclic) bond motifs is 1. The predicted molar refractivity (Wildman–Crippen MR) is 120 cm³/mol. The monoisotopic (exact) mass is 510 g/mol. The predicted octanol–water partition coefficient (Wildman–Crippen LogP) is 7.19. The van der Waals surface area contributed by atoms with Crippen LogP contribution >= 0.6 is 11.3 Å². The van der Waals surface area contributed by atoms with Crippen molar-refractivity contribution in [3.05, 3.63) is 89.0 Å². The van der Waals surface area contributed by atoms with Crippen molar-refractivity contribution in [3.8, 4) is 5.75 Å². The molecule has 4 aromatic rings. The number of halogens is 6. The van der Waals surface area contributed by atoms with Crippen molar-refractivity contribution in [2.45, 2.75) is 18.9 Å². The van der Waals surface area contributed by atoms with E-state index < -0.39 is 35.0 Å². The second-order valence-electron chi connectivity index (χ2n) is 7.50. The minimum absolute atomic E-state index is 0.0116. The number of hydrogen-bond donors (Lipinski definition) is 0. The minimum Gasteiger partial charge on any atom is -0.497 e. The number of rotatable bonds is 5. The molecule has 0 radical (unpaired) electrons. The molecule has 1 amide bonds. The number of carbonyl (C=O) groups excluding carboxylic acids is 1. The number of carbonyl (C=O) groups is 1. The molecule has 0 aliphatic carbocycles. The molecule has 0 bridgehead atoms. The number of methoxy groups -OCH3 is 1. The van der Waals surface area contributed by atoms with Crippen LogP contribution in [0.25, 0.3) is 10.2 Å². The summed E-state index contributed by atoms with van der Waals surface area (Å²) in [4.78, 5) is 18.9. The first-order valence-corrected chi connectivity index (χ1v) is 10.9. The molecule has 0 unspecified atom stereocenters. The summed E-state index contributed by atoms with van der Waals surface area (Å²) in [5.41, 5.74) is -2.80. The van der Waals surface area contributed by atoms with Crippen LogP contribution < -0.4 is 9.64 Å². The zero-order valence-electron chi connectivity index (χ0n) is 17.9. The van der Waals surface area contributed by atoms with E-state index in [1.807, 2.05) is 0 Å². The first kappa shape index (κ1) is 24.5. The molecule has 182 valence electrons. The van der Waals surface area contributed by atoms with E-state index >= 15 is 0 Å². The first-order chi connectivity index (χ1) is 16.5. The molecular formula is C24H16F6N2O2S. The van der Waals surface area contributed by atoms with Gasteiger partial charge in [-0.2, -0.15) is 26.3 Å². The van der Waals surface area contributed by atoms with Gasteiger partial charge in [0.25, 0.3) is 5.91 Å². The van der Waals surface area contributed by atoms with Crippen molar-refractivity contribution in [1.29, 1.82) is 0 Å². The Morgan fingerprint density at radius 1 is 0.914 bits per heavy atom. The third-order valence-corrected chi connectivity index (χ3v) is 6.14. The van der Waals surface area contributed by atoms with Gasteiger partial charge in [0.2, 0.25) is 0 Å². The van der Waals surface area contributed by atoms with Crippen LogP contribution in [-0.4, -0.2) is 18.0 Å². The highest BCUT2D eigenvalue weighted by Gasteiger charge is 2.38. The zero-order valence-corrected chi connectivity index (χ0v) is 18.8. The van der Waals surface area contributed by atoms with Gasteiger partial charge in [-0.15, -0.1) is 0 Å². The molecule has 4 nitrogen and oxygen atoms in total. The van der Waals surface area contributed by atoms with Gasteiger partial charge in [-0.05, 0) is 35.9 Å². The van der Waals surface area contributed by atoms with Crippen LogP contribution in [0.5, 0.6) is 5.75 Å². The maximum atomic E-state index is 13.4. The molecule has 0 fully saturated rings. The number of amides is 1. The molecule has 11 heteroatoms. The van der Waals surface area contributed by atoms with Crippen molar-refractivity contribution in [2.75, 3.05) is 12.0 Å². The normalized spacial score (nSPS) is 12.1. The Balaban J connectivity index is 1.84. The van der Waals surface area contributed by atoms with Crippen LogP contribution in [0.2, 0.25) is 0 Å². The second-order valence-corrected chi connectivity index (χ2v) is 8.51. The lowest BCUT2D eigenvalue weighted by molar-refractivity contribution is -0.143. The van der Waals surface area contributed by atoms with Crippen LogP contribution in [0.4, 0.5) is 31.5 Å². The Bertz CT molecular complexity index is 1330. The number of benzene rings is 3. The smallest absolute Gasteiger partial charge is 0.416 e. The van der Waals surface area contributed by atoms with Crippen molar-refractivity contribution >= 4 is 32.6 Å². The molecule has 4 rings (SSSR count). The van der Waals surface area contributed by atoms with Gasteiger partial charge in [0.1, 0.15) is 5.75 Å². The van der Waals surface area contributed by atoms with Gasteiger partial charge < -0.3 is 4.74 Å². The second kappa shape index (κ2) is 9.21. The summed E-state index contributed by atoms with van der Waals surface area (Å²) in [5, 5.41) is 0.119. The summed E-state index contributed by atoms with van der Waals surface area (Å²) in [5.74, 6) is -0.542. The average Bonchev–Trinajstić information content (AvgIpc) is 3.24. The fourth-order valence-electron chi connectivity index (χ4n) is 3.36. The molecule has 0 N–H and O–H groups in total. The van der Waals surface area contributed by atoms with Crippen molar-refractivity contribution in [3.63, 3.8) is 0 Å². The van der Waals surface area contributed by atoms with Crippen LogP contribution in [-0.2, 0) is 18.9 Å². The minimum atomic E-state index is -5.08. The van der Waals surface area contributed by atoms with Gasteiger partial charge in [0, 0.05) is 11.6 Å². The van der Waals surface area contributed by atoms with Gasteiger partial charge in [0.05, 0.1) is 35.0 Å². The standard InChI is InChI=1S/C24H16F6N2O2S/c1-34-18-7-8-20-19(12-18)31-22(35-20)32(13-14-5-3-2-4-6-14)21(33)15-9-16(23(25,26)27)11-17(10-15)24(28,29)30/h2-12H,13H2,1H3. The zero-order chi connectivity index (χ0) is 25.4. The van der Waals surface area contributed by atoms with Gasteiger partial charge in [0.15, 0.2) is 5.13 Å². The van der Waals surface area contributed by atoms with E-state index in [0.717, 1.165) is 16.2 Å². The fraction of sp³-hybridized carbons (Fsp3) is 0.167. The first-order valence-electron chi connectivity index (χ1n) is 10.1. The average molecular weight is 510 g/mol. The lowest BCUT2D eigenvalue weighted by atomic mass is 10.0. The Labute approximate surface area is 199 Å². The molecule has 35 heavy (non-hydrogen) atoms. The molecule has 0 saturated heterocycles. The quantitative estimate of drug-likeness (QED) is 0.267. The molecule has 1 aromatic heterocycles.